The number of amidine groups is 1. The maximum Gasteiger partial charge on any atom is 0.298 e. The van der Waals surface area contributed by atoms with Gasteiger partial charge in [-0.2, -0.15) is 0 Å². The topological polar surface area (TPSA) is 77.2 Å². The van der Waals surface area contributed by atoms with Crippen LogP contribution in [0.2, 0.25) is 10.0 Å². The Morgan fingerprint density at radius 3 is 2.14 bits per heavy atom. The van der Waals surface area contributed by atoms with Crippen molar-refractivity contribution in [2.75, 3.05) is 14.2 Å². The lowest BCUT2D eigenvalue weighted by molar-refractivity contribution is 0.0764. The molecule has 0 spiro atoms. The van der Waals surface area contributed by atoms with E-state index in [1.54, 1.807) is 55.5 Å². The third-order valence-electron chi connectivity index (χ3n) is 6.01. The summed E-state index contributed by atoms with van der Waals surface area (Å²) < 4.78 is 16.3. The molecular formula is C27H21Cl2N3O4. The summed E-state index contributed by atoms with van der Waals surface area (Å²) in [5.41, 5.74) is 2.36. The maximum absolute atomic E-state index is 13.9. The van der Waals surface area contributed by atoms with Crippen molar-refractivity contribution in [1.29, 1.82) is 0 Å². The number of hydrogen-bond acceptors (Lipinski definition) is 6. The minimum atomic E-state index is -0.511. The molecule has 5 rings (SSSR count). The number of aromatic nitrogens is 1. The van der Waals surface area contributed by atoms with Gasteiger partial charge in [0.15, 0.2) is 0 Å². The average Bonchev–Trinajstić information content (AvgIpc) is 3.58. The molecule has 2 atom stereocenters. The Bertz CT molecular complexity index is 1400. The van der Waals surface area contributed by atoms with E-state index in [0.29, 0.717) is 32.9 Å². The SMILES string of the molecule is COc1ccc(C2=N[C@H](c3ccc(Cl)cc3)[C@H](c3ccc(Cl)cc3)N2C(=O)c2ccno2)c(OC)c1. The lowest BCUT2D eigenvalue weighted by Crippen LogP contribution is -2.37. The van der Waals surface area contributed by atoms with E-state index in [9.17, 15) is 4.79 Å². The van der Waals surface area contributed by atoms with E-state index in [2.05, 4.69) is 5.16 Å². The molecular weight excluding hydrogens is 501 g/mol. The van der Waals surface area contributed by atoms with Gasteiger partial charge in [0.2, 0.25) is 5.76 Å². The predicted octanol–water partition coefficient (Wildman–Crippen LogP) is 6.38. The number of aliphatic imine (C=N–C) groups is 1. The van der Waals surface area contributed by atoms with Crippen molar-refractivity contribution >= 4 is 34.9 Å². The van der Waals surface area contributed by atoms with Crippen molar-refractivity contribution in [2.45, 2.75) is 12.1 Å². The van der Waals surface area contributed by atoms with Crippen molar-refractivity contribution in [3.8, 4) is 11.5 Å². The van der Waals surface area contributed by atoms with Crippen LogP contribution in [0.4, 0.5) is 0 Å². The maximum atomic E-state index is 13.9. The van der Waals surface area contributed by atoms with Gasteiger partial charge in [0.25, 0.3) is 5.91 Å². The first-order valence-corrected chi connectivity index (χ1v) is 11.8. The van der Waals surface area contributed by atoms with Crippen LogP contribution in [-0.2, 0) is 0 Å². The van der Waals surface area contributed by atoms with Crippen molar-refractivity contribution in [3.05, 3.63) is 111 Å². The number of methoxy groups -OCH3 is 2. The largest absolute Gasteiger partial charge is 0.497 e. The predicted molar refractivity (Wildman–Crippen MR) is 137 cm³/mol. The molecule has 36 heavy (non-hydrogen) atoms. The Balaban J connectivity index is 1.73. The highest BCUT2D eigenvalue weighted by atomic mass is 35.5. The van der Waals surface area contributed by atoms with E-state index in [-0.39, 0.29) is 11.7 Å². The molecule has 0 unspecified atom stereocenters. The second-order valence-electron chi connectivity index (χ2n) is 8.06. The van der Waals surface area contributed by atoms with Gasteiger partial charge in [0.1, 0.15) is 23.4 Å². The molecule has 3 aromatic carbocycles. The Morgan fingerprint density at radius 1 is 0.889 bits per heavy atom. The van der Waals surface area contributed by atoms with Crippen LogP contribution in [0.1, 0.15) is 39.3 Å². The van der Waals surface area contributed by atoms with Gasteiger partial charge in [-0.15, -0.1) is 0 Å². The second kappa shape index (κ2) is 10.0. The van der Waals surface area contributed by atoms with E-state index in [4.69, 9.17) is 42.2 Å². The molecule has 182 valence electrons. The first kappa shape index (κ1) is 23.9. The van der Waals surface area contributed by atoms with Crippen LogP contribution in [0.15, 0.2) is 88.5 Å². The summed E-state index contributed by atoms with van der Waals surface area (Å²) in [5, 5.41) is 4.93. The molecule has 1 aliphatic heterocycles. The van der Waals surface area contributed by atoms with Crippen molar-refractivity contribution in [3.63, 3.8) is 0 Å². The third-order valence-corrected chi connectivity index (χ3v) is 6.51. The minimum absolute atomic E-state index is 0.0888. The average molecular weight is 522 g/mol. The molecule has 0 fully saturated rings. The van der Waals surface area contributed by atoms with Crippen LogP contribution in [0, 0.1) is 0 Å². The second-order valence-corrected chi connectivity index (χ2v) is 8.94. The van der Waals surface area contributed by atoms with Crippen LogP contribution in [0.5, 0.6) is 11.5 Å². The molecule has 2 heterocycles. The minimum Gasteiger partial charge on any atom is -0.497 e. The van der Waals surface area contributed by atoms with Crippen LogP contribution >= 0.6 is 23.2 Å². The molecule has 0 radical (unpaired) electrons. The summed E-state index contributed by atoms with van der Waals surface area (Å²) in [6.07, 6.45) is 1.43. The highest BCUT2D eigenvalue weighted by molar-refractivity contribution is 6.30. The molecule has 1 amide bonds. The molecule has 0 saturated carbocycles. The Morgan fingerprint density at radius 2 is 1.56 bits per heavy atom. The quantitative estimate of drug-likeness (QED) is 0.294. The summed E-state index contributed by atoms with van der Waals surface area (Å²) in [6.45, 7) is 0. The number of carbonyl (C=O) groups excluding carboxylic acids is 1. The van der Waals surface area contributed by atoms with Gasteiger partial charge in [-0.25, -0.2) is 0 Å². The van der Waals surface area contributed by atoms with Gasteiger partial charge in [-0.05, 0) is 47.5 Å². The monoisotopic (exact) mass is 521 g/mol. The number of carbonyl (C=O) groups is 1. The highest BCUT2D eigenvalue weighted by Crippen LogP contribution is 2.45. The lowest BCUT2D eigenvalue weighted by atomic mass is 9.93. The van der Waals surface area contributed by atoms with Gasteiger partial charge in [0.05, 0.1) is 32.0 Å². The highest BCUT2D eigenvalue weighted by Gasteiger charge is 2.44. The molecule has 7 nitrogen and oxygen atoms in total. The summed E-state index contributed by atoms with van der Waals surface area (Å²) in [5.74, 6) is 1.25. The molecule has 0 bridgehead atoms. The van der Waals surface area contributed by atoms with Crippen LogP contribution in [-0.4, -0.2) is 36.0 Å². The van der Waals surface area contributed by atoms with Crippen LogP contribution < -0.4 is 9.47 Å². The Labute approximate surface area is 217 Å². The fourth-order valence-corrected chi connectivity index (χ4v) is 4.55. The fourth-order valence-electron chi connectivity index (χ4n) is 4.30. The summed E-state index contributed by atoms with van der Waals surface area (Å²) in [7, 11) is 3.14. The van der Waals surface area contributed by atoms with Crippen molar-refractivity contribution in [2.24, 2.45) is 4.99 Å². The van der Waals surface area contributed by atoms with E-state index in [1.165, 1.54) is 12.3 Å². The molecule has 0 N–H and O–H groups in total. The van der Waals surface area contributed by atoms with E-state index < -0.39 is 12.1 Å². The van der Waals surface area contributed by atoms with Gasteiger partial charge in [0, 0.05) is 22.2 Å². The van der Waals surface area contributed by atoms with Gasteiger partial charge >= 0.3 is 0 Å². The number of nitrogens with zero attached hydrogens (tertiary/aromatic N) is 3. The normalized spacial score (nSPS) is 17.1. The van der Waals surface area contributed by atoms with Crippen molar-refractivity contribution in [1.82, 2.24) is 10.1 Å². The molecule has 9 heteroatoms. The smallest absolute Gasteiger partial charge is 0.298 e. The number of hydrogen-bond donors (Lipinski definition) is 0. The number of rotatable bonds is 6. The van der Waals surface area contributed by atoms with Gasteiger partial charge < -0.3 is 14.0 Å². The first-order chi connectivity index (χ1) is 17.5. The molecule has 4 aromatic rings. The zero-order chi connectivity index (χ0) is 25.2. The van der Waals surface area contributed by atoms with E-state index in [0.717, 1.165) is 11.1 Å². The summed E-state index contributed by atoms with van der Waals surface area (Å²) in [6, 6.07) is 20.7. The number of benzene rings is 3. The zero-order valence-corrected chi connectivity index (χ0v) is 20.9. The van der Waals surface area contributed by atoms with Crippen LogP contribution in [0.25, 0.3) is 0 Å². The number of amides is 1. The molecule has 0 aliphatic carbocycles. The molecule has 1 aromatic heterocycles. The third kappa shape index (κ3) is 4.43. The van der Waals surface area contributed by atoms with Gasteiger partial charge in [-0.3, -0.25) is 14.7 Å². The number of halogens is 2. The first-order valence-electron chi connectivity index (χ1n) is 11.1. The van der Waals surface area contributed by atoms with E-state index in [1.807, 2.05) is 30.3 Å². The molecule has 1 aliphatic rings. The fraction of sp³-hybridized carbons (Fsp3) is 0.148. The standard InChI is InChI=1S/C27H21Cl2N3O4/c1-34-20-11-12-21(23(15-20)35-2)26-31-24(16-3-7-18(28)8-4-16)25(17-5-9-19(29)10-6-17)32(26)27(33)22-13-14-30-36-22/h3-15,24-25H,1-2H3/t24-,25+/m1/s1. The summed E-state index contributed by atoms with van der Waals surface area (Å²) in [4.78, 5) is 20.6. The Kier molecular flexibility index (Phi) is 6.67. The lowest BCUT2D eigenvalue weighted by Gasteiger charge is -2.29. The zero-order valence-electron chi connectivity index (χ0n) is 19.4. The van der Waals surface area contributed by atoms with Crippen LogP contribution in [0.3, 0.4) is 0 Å². The Hall–Kier alpha value is -3.81. The summed E-state index contributed by atoms with van der Waals surface area (Å²) >= 11 is 12.4. The van der Waals surface area contributed by atoms with Gasteiger partial charge in [-0.1, -0.05) is 52.6 Å². The molecule has 0 saturated heterocycles. The number of ether oxygens (including phenoxy) is 2. The van der Waals surface area contributed by atoms with Crippen molar-refractivity contribution < 1.29 is 18.8 Å². The van der Waals surface area contributed by atoms with E-state index >= 15 is 0 Å².